The van der Waals surface area contributed by atoms with E-state index in [1.165, 1.54) is 17.1 Å². The predicted octanol–water partition coefficient (Wildman–Crippen LogP) is 2.51. The number of hydrogen-bond acceptors (Lipinski definition) is 6. The molecule has 7 nitrogen and oxygen atoms in total. The molecule has 1 saturated heterocycles. The van der Waals surface area contributed by atoms with Crippen molar-refractivity contribution in [3.8, 4) is 0 Å². The minimum atomic E-state index is -0.662. The van der Waals surface area contributed by atoms with Gasteiger partial charge in [-0.25, -0.2) is 18.8 Å². The van der Waals surface area contributed by atoms with Crippen LogP contribution in [0.1, 0.15) is 30.9 Å². The van der Waals surface area contributed by atoms with Crippen LogP contribution in [0.5, 0.6) is 0 Å². The van der Waals surface area contributed by atoms with E-state index in [9.17, 15) is 13.6 Å². The van der Waals surface area contributed by atoms with E-state index in [0.717, 1.165) is 6.07 Å². The molecule has 146 valence electrons. The largest absolute Gasteiger partial charge is 0.384 e. The third kappa shape index (κ3) is 3.64. The fourth-order valence-electron chi connectivity index (χ4n) is 3.70. The van der Waals surface area contributed by atoms with Crippen LogP contribution in [0.3, 0.4) is 0 Å². The van der Waals surface area contributed by atoms with Crippen LogP contribution in [0.25, 0.3) is 0 Å². The first-order chi connectivity index (χ1) is 13.5. The number of anilines is 2. The molecule has 28 heavy (non-hydrogen) atoms. The summed E-state index contributed by atoms with van der Waals surface area (Å²) < 4.78 is 27.2. The number of nitrogen functional groups attached to an aromatic ring is 1. The zero-order valence-electron chi connectivity index (χ0n) is 15.1. The number of benzene rings is 1. The number of halogens is 2. The lowest BCUT2D eigenvalue weighted by atomic mass is 9.94. The molecular formula is C19H20F2N6O. The minimum Gasteiger partial charge on any atom is -0.384 e. The Hall–Kier alpha value is -3.10. The first-order valence-corrected chi connectivity index (χ1v) is 9.16. The van der Waals surface area contributed by atoms with E-state index in [4.69, 9.17) is 5.73 Å². The molecule has 2 aliphatic rings. The van der Waals surface area contributed by atoms with Crippen molar-refractivity contribution in [2.24, 2.45) is 11.0 Å². The third-order valence-corrected chi connectivity index (χ3v) is 5.12. The highest BCUT2D eigenvalue weighted by molar-refractivity contribution is 5.82. The fourth-order valence-corrected chi connectivity index (χ4v) is 3.70. The van der Waals surface area contributed by atoms with E-state index >= 15 is 0 Å². The van der Waals surface area contributed by atoms with Crippen molar-refractivity contribution in [3.63, 3.8) is 0 Å². The summed E-state index contributed by atoms with van der Waals surface area (Å²) in [6.07, 6.45) is 4.89. The lowest BCUT2D eigenvalue weighted by Gasteiger charge is -2.33. The number of carbonyl (C=O) groups is 1. The van der Waals surface area contributed by atoms with Gasteiger partial charge in [-0.3, -0.25) is 4.79 Å². The summed E-state index contributed by atoms with van der Waals surface area (Å²) in [5.41, 5.74) is 6.12. The van der Waals surface area contributed by atoms with Crippen molar-refractivity contribution >= 4 is 23.9 Å². The normalized spacial score (nSPS) is 20.0. The molecule has 2 aromatic rings. The van der Waals surface area contributed by atoms with Gasteiger partial charge in [0.25, 0.3) is 0 Å². The zero-order valence-corrected chi connectivity index (χ0v) is 15.1. The molecule has 0 radical (unpaired) electrons. The number of aromatic nitrogens is 2. The van der Waals surface area contributed by atoms with Crippen LogP contribution in [-0.2, 0) is 4.79 Å². The van der Waals surface area contributed by atoms with E-state index in [1.54, 1.807) is 18.5 Å². The van der Waals surface area contributed by atoms with E-state index in [2.05, 4.69) is 15.1 Å². The Morgan fingerprint density at radius 2 is 1.86 bits per heavy atom. The molecule has 0 saturated carbocycles. The number of hydrazone groups is 1. The first kappa shape index (κ1) is 18.3. The van der Waals surface area contributed by atoms with E-state index in [-0.39, 0.29) is 11.8 Å². The Morgan fingerprint density at radius 3 is 2.54 bits per heavy atom. The smallest absolute Gasteiger partial charge is 0.246 e. The molecule has 3 heterocycles. The summed E-state index contributed by atoms with van der Waals surface area (Å²) in [6, 6.07) is 4.47. The number of piperidine rings is 1. The Kier molecular flexibility index (Phi) is 4.89. The second-order valence-electron chi connectivity index (χ2n) is 6.98. The van der Waals surface area contributed by atoms with Gasteiger partial charge in [-0.05, 0) is 36.6 Å². The number of carbonyl (C=O) groups excluding carboxylic acids is 1. The van der Waals surface area contributed by atoms with Gasteiger partial charge in [0.2, 0.25) is 11.9 Å². The van der Waals surface area contributed by atoms with Gasteiger partial charge in [0, 0.05) is 43.9 Å². The number of hydrogen-bond donors (Lipinski definition) is 1. The van der Waals surface area contributed by atoms with Crippen molar-refractivity contribution in [3.05, 3.63) is 47.7 Å². The molecule has 4 rings (SSSR count). The monoisotopic (exact) mass is 386 g/mol. The standard InChI is InChI=1S/C19H20F2N6O/c20-14-9-13(10-15(21)11-14)16-1-6-24-27(16)18(28)12-3-7-26(8-4-12)19-23-5-2-17(22)25-19/h2,5-6,9-12,16H,1,3-4,7-8H2,(H2,22,23,25). The molecule has 1 aromatic heterocycles. The predicted molar refractivity (Wildman–Crippen MR) is 100 cm³/mol. The summed E-state index contributed by atoms with van der Waals surface area (Å²) in [6.45, 7) is 1.24. The molecule has 0 aliphatic carbocycles. The van der Waals surface area contributed by atoms with Gasteiger partial charge in [0.05, 0.1) is 6.04 Å². The molecule has 0 bridgehead atoms. The maximum atomic E-state index is 13.6. The highest BCUT2D eigenvalue weighted by Gasteiger charge is 2.35. The summed E-state index contributed by atoms with van der Waals surface area (Å²) >= 11 is 0. The number of nitrogens with zero attached hydrogens (tertiary/aromatic N) is 5. The Morgan fingerprint density at radius 1 is 1.14 bits per heavy atom. The average molecular weight is 386 g/mol. The van der Waals surface area contributed by atoms with E-state index < -0.39 is 17.7 Å². The Bertz CT molecular complexity index is 893. The molecule has 1 atom stereocenters. The quantitative estimate of drug-likeness (QED) is 0.876. The van der Waals surface area contributed by atoms with Crippen LogP contribution >= 0.6 is 0 Å². The van der Waals surface area contributed by atoms with Gasteiger partial charge < -0.3 is 10.6 Å². The number of rotatable bonds is 3. The Balaban J connectivity index is 1.44. The average Bonchev–Trinajstić information content (AvgIpc) is 3.17. The van der Waals surface area contributed by atoms with Crippen molar-refractivity contribution in [2.75, 3.05) is 23.7 Å². The third-order valence-electron chi connectivity index (χ3n) is 5.12. The Labute approximate surface area is 160 Å². The van der Waals surface area contributed by atoms with E-state index in [0.29, 0.717) is 49.7 Å². The van der Waals surface area contributed by atoms with Gasteiger partial charge in [-0.15, -0.1) is 0 Å². The molecule has 2 N–H and O–H groups in total. The molecule has 1 amide bonds. The number of amides is 1. The van der Waals surface area contributed by atoms with Gasteiger partial charge in [0.1, 0.15) is 17.5 Å². The summed E-state index contributed by atoms with van der Waals surface area (Å²) in [5.74, 6) is -0.711. The van der Waals surface area contributed by atoms with Gasteiger partial charge in [0.15, 0.2) is 0 Å². The molecule has 0 spiro atoms. The minimum absolute atomic E-state index is 0.128. The molecule has 2 aliphatic heterocycles. The van der Waals surface area contributed by atoms with Gasteiger partial charge in [-0.1, -0.05) is 0 Å². The van der Waals surface area contributed by atoms with Crippen molar-refractivity contribution in [2.45, 2.75) is 25.3 Å². The highest BCUT2D eigenvalue weighted by atomic mass is 19.1. The highest BCUT2D eigenvalue weighted by Crippen LogP contribution is 2.32. The molecular weight excluding hydrogens is 366 g/mol. The second kappa shape index (κ2) is 7.49. The number of nitrogens with two attached hydrogens (primary N) is 1. The van der Waals surface area contributed by atoms with Crippen molar-refractivity contribution in [1.82, 2.24) is 15.0 Å². The first-order valence-electron chi connectivity index (χ1n) is 9.16. The fraction of sp³-hybridized carbons (Fsp3) is 0.368. The van der Waals surface area contributed by atoms with Crippen LogP contribution < -0.4 is 10.6 Å². The SMILES string of the molecule is Nc1ccnc(N2CCC(C(=O)N3N=CCC3c3cc(F)cc(F)c3)CC2)n1. The van der Waals surface area contributed by atoms with Crippen LogP contribution in [0.4, 0.5) is 20.5 Å². The molecule has 9 heteroatoms. The van der Waals surface area contributed by atoms with E-state index in [1.807, 2.05) is 4.90 Å². The van der Waals surface area contributed by atoms with Gasteiger partial charge in [-0.2, -0.15) is 10.1 Å². The summed E-state index contributed by atoms with van der Waals surface area (Å²) in [5, 5.41) is 5.54. The van der Waals surface area contributed by atoms with Crippen molar-refractivity contribution < 1.29 is 13.6 Å². The zero-order chi connectivity index (χ0) is 19.7. The maximum absolute atomic E-state index is 13.6. The van der Waals surface area contributed by atoms with Crippen LogP contribution in [0.15, 0.2) is 35.6 Å². The summed E-state index contributed by atoms with van der Waals surface area (Å²) in [4.78, 5) is 23.4. The lowest BCUT2D eigenvalue weighted by Crippen LogP contribution is -2.41. The van der Waals surface area contributed by atoms with Gasteiger partial charge >= 0.3 is 0 Å². The van der Waals surface area contributed by atoms with Crippen LogP contribution in [0, 0.1) is 17.6 Å². The molecule has 1 aromatic carbocycles. The summed E-state index contributed by atoms with van der Waals surface area (Å²) in [7, 11) is 0. The topological polar surface area (TPSA) is 87.7 Å². The van der Waals surface area contributed by atoms with Crippen molar-refractivity contribution in [1.29, 1.82) is 0 Å². The van der Waals surface area contributed by atoms with Crippen LogP contribution in [-0.4, -0.2) is 40.2 Å². The van der Waals surface area contributed by atoms with Crippen LogP contribution in [0.2, 0.25) is 0 Å². The second-order valence-corrected chi connectivity index (χ2v) is 6.98. The maximum Gasteiger partial charge on any atom is 0.246 e. The lowest BCUT2D eigenvalue weighted by molar-refractivity contribution is -0.138. The molecule has 1 unspecified atom stereocenters. The molecule has 1 fully saturated rings.